The number of benzene rings is 1. The number of nitrogens with zero attached hydrogens (tertiary/aromatic N) is 2. The van der Waals surface area contributed by atoms with Crippen LogP contribution in [0.2, 0.25) is 0 Å². The highest BCUT2D eigenvalue weighted by atomic mass is 32.2. The van der Waals surface area contributed by atoms with E-state index in [-0.39, 0.29) is 11.9 Å². The molecule has 0 radical (unpaired) electrons. The minimum atomic E-state index is -0.547. The Morgan fingerprint density at radius 2 is 2.13 bits per heavy atom. The molecule has 0 saturated carbocycles. The van der Waals surface area contributed by atoms with Crippen LogP contribution in [-0.4, -0.2) is 41.5 Å². The molecule has 1 aliphatic heterocycles. The molecule has 0 spiro atoms. The van der Waals surface area contributed by atoms with E-state index in [1.54, 1.807) is 37.1 Å². The van der Waals surface area contributed by atoms with Gasteiger partial charge in [-0.2, -0.15) is 0 Å². The minimum absolute atomic E-state index is 0.00297. The Balaban J connectivity index is 1.93. The van der Waals surface area contributed by atoms with Crippen molar-refractivity contribution in [2.24, 2.45) is 10.6 Å². The lowest BCUT2D eigenvalue weighted by Crippen LogP contribution is -2.35. The van der Waals surface area contributed by atoms with E-state index in [0.717, 1.165) is 20.5 Å². The Kier molecular flexibility index (Phi) is 6.72. The summed E-state index contributed by atoms with van der Waals surface area (Å²) >= 11 is 3.14. The SMILES string of the molecule is COC1(c2ncc(Sc3ccc(/C(C)=N/O)c(C(=O)C(C)(C)C)c3)s2)CCOC1C. The lowest BCUT2D eigenvalue weighted by atomic mass is 9.84. The first kappa shape index (κ1) is 22.9. The molecule has 1 aromatic carbocycles. The molecule has 3 rings (SSSR count). The van der Waals surface area contributed by atoms with Crippen LogP contribution in [0.1, 0.15) is 62.0 Å². The number of oxime groups is 1. The van der Waals surface area contributed by atoms with E-state index >= 15 is 0 Å². The molecule has 2 unspecified atom stereocenters. The van der Waals surface area contributed by atoms with Crippen molar-refractivity contribution in [3.63, 3.8) is 0 Å². The van der Waals surface area contributed by atoms with Gasteiger partial charge in [-0.25, -0.2) is 4.98 Å². The second-order valence-corrected chi connectivity index (χ2v) is 10.8. The first-order valence-corrected chi connectivity index (χ1v) is 11.4. The van der Waals surface area contributed by atoms with Crippen LogP contribution in [-0.2, 0) is 15.1 Å². The summed E-state index contributed by atoms with van der Waals surface area (Å²) in [7, 11) is 1.70. The smallest absolute Gasteiger partial charge is 0.168 e. The van der Waals surface area contributed by atoms with Gasteiger partial charge in [-0.3, -0.25) is 4.79 Å². The largest absolute Gasteiger partial charge is 0.411 e. The molecule has 0 amide bonds. The number of methoxy groups -OCH3 is 1. The normalized spacial score (nSPS) is 22.5. The van der Waals surface area contributed by atoms with Crippen LogP contribution in [0.3, 0.4) is 0 Å². The Bertz CT molecular complexity index is 964. The third kappa shape index (κ3) is 4.32. The van der Waals surface area contributed by atoms with E-state index in [2.05, 4.69) is 10.1 Å². The van der Waals surface area contributed by atoms with Crippen LogP contribution >= 0.6 is 23.1 Å². The third-order valence-corrected chi connectivity index (χ3v) is 7.63. The van der Waals surface area contributed by atoms with Crippen LogP contribution < -0.4 is 0 Å². The van der Waals surface area contributed by atoms with Gasteiger partial charge in [-0.1, -0.05) is 43.8 Å². The molecular formula is C22H28N2O4S2. The number of carbonyl (C=O) groups excluding carboxylic acids is 1. The summed E-state index contributed by atoms with van der Waals surface area (Å²) in [5.74, 6) is 0.00297. The van der Waals surface area contributed by atoms with Gasteiger partial charge in [-0.05, 0) is 26.0 Å². The number of hydrogen-bond acceptors (Lipinski definition) is 8. The zero-order chi connectivity index (χ0) is 22.1. The summed E-state index contributed by atoms with van der Waals surface area (Å²) in [6.45, 7) is 10.0. The number of carbonyl (C=O) groups is 1. The fraction of sp³-hybridized carbons (Fsp3) is 0.500. The van der Waals surface area contributed by atoms with Crippen LogP contribution in [0.4, 0.5) is 0 Å². The predicted octanol–water partition coefficient (Wildman–Crippen LogP) is 5.37. The van der Waals surface area contributed by atoms with Crippen LogP contribution in [0.25, 0.3) is 0 Å². The highest BCUT2D eigenvalue weighted by Gasteiger charge is 2.46. The number of aromatic nitrogens is 1. The van der Waals surface area contributed by atoms with Crippen molar-refractivity contribution in [2.75, 3.05) is 13.7 Å². The molecule has 1 N–H and O–H groups in total. The average Bonchev–Trinajstić information content (AvgIpc) is 3.33. The van der Waals surface area contributed by atoms with Crippen molar-refractivity contribution in [3.8, 4) is 0 Å². The minimum Gasteiger partial charge on any atom is -0.411 e. The van der Waals surface area contributed by atoms with E-state index in [1.165, 1.54) is 0 Å². The predicted molar refractivity (Wildman–Crippen MR) is 119 cm³/mol. The van der Waals surface area contributed by atoms with Gasteiger partial charge in [0.05, 0.1) is 28.8 Å². The monoisotopic (exact) mass is 448 g/mol. The highest BCUT2D eigenvalue weighted by molar-refractivity contribution is 8.01. The second-order valence-electron chi connectivity index (χ2n) is 8.42. The summed E-state index contributed by atoms with van der Waals surface area (Å²) in [6, 6.07) is 5.64. The number of hydrogen-bond donors (Lipinski definition) is 1. The molecule has 1 fully saturated rings. The van der Waals surface area contributed by atoms with Gasteiger partial charge < -0.3 is 14.7 Å². The van der Waals surface area contributed by atoms with Gasteiger partial charge in [-0.15, -0.1) is 11.3 Å². The summed E-state index contributed by atoms with van der Waals surface area (Å²) in [5.41, 5.74) is 0.557. The molecular weight excluding hydrogens is 420 g/mol. The maximum absolute atomic E-state index is 13.0. The molecule has 2 aromatic rings. The topological polar surface area (TPSA) is 81.0 Å². The molecule has 1 saturated heterocycles. The Morgan fingerprint density at radius 1 is 1.40 bits per heavy atom. The fourth-order valence-corrected chi connectivity index (χ4v) is 5.80. The number of thiazole rings is 1. The van der Waals surface area contributed by atoms with Gasteiger partial charge in [0.25, 0.3) is 0 Å². The fourth-order valence-electron chi connectivity index (χ4n) is 3.53. The van der Waals surface area contributed by atoms with Crippen molar-refractivity contribution < 1.29 is 19.5 Å². The number of rotatable bonds is 6. The quantitative estimate of drug-likeness (QED) is 0.277. The summed E-state index contributed by atoms with van der Waals surface area (Å²) in [6.07, 6.45) is 2.57. The molecule has 2 atom stereocenters. The molecule has 1 aliphatic rings. The maximum atomic E-state index is 13.0. The molecule has 0 aliphatic carbocycles. The highest BCUT2D eigenvalue weighted by Crippen LogP contribution is 2.44. The third-order valence-electron chi connectivity index (χ3n) is 5.38. The molecule has 1 aromatic heterocycles. The molecule has 162 valence electrons. The Labute approximate surface area is 185 Å². The van der Waals surface area contributed by atoms with Gasteiger partial charge in [0.1, 0.15) is 10.6 Å². The van der Waals surface area contributed by atoms with E-state index in [1.807, 2.05) is 52.1 Å². The molecule has 8 heteroatoms. The zero-order valence-electron chi connectivity index (χ0n) is 18.2. The Morgan fingerprint density at radius 3 is 2.70 bits per heavy atom. The number of ether oxygens (including phenoxy) is 2. The second kappa shape index (κ2) is 8.78. The molecule has 2 heterocycles. The van der Waals surface area contributed by atoms with Crippen LogP contribution in [0, 0.1) is 5.41 Å². The molecule has 30 heavy (non-hydrogen) atoms. The van der Waals surface area contributed by atoms with Crippen molar-refractivity contribution in [3.05, 3.63) is 40.5 Å². The van der Waals surface area contributed by atoms with Gasteiger partial charge in [0.2, 0.25) is 0 Å². The summed E-state index contributed by atoms with van der Waals surface area (Å²) in [4.78, 5) is 18.6. The molecule has 6 nitrogen and oxygen atoms in total. The first-order valence-electron chi connectivity index (χ1n) is 9.81. The van der Waals surface area contributed by atoms with E-state index in [4.69, 9.17) is 9.47 Å². The van der Waals surface area contributed by atoms with Gasteiger partial charge in [0.15, 0.2) is 5.78 Å². The van der Waals surface area contributed by atoms with Crippen molar-refractivity contribution in [2.45, 2.75) is 61.8 Å². The molecule has 0 bridgehead atoms. The lowest BCUT2D eigenvalue weighted by molar-refractivity contribution is -0.0647. The van der Waals surface area contributed by atoms with Gasteiger partial charge in [0, 0.05) is 35.0 Å². The van der Waals surface area contributed by atoms with Crippen molar-refractivity contribution >= 4 is 34.6 Å². The first-order chi connectivity index (χ1) is 14.1. The Hall–Kier alpha value is -1.74. The summed E-state index contributed by atoms with van der Waals surface area (Å²) in [5, 5.41) is 13.4. The summed E-state index contributed by atoms with van der Waals surface area (Å²) < 4.78 is 12.6. The van der Waals surface area contributed by atoms with E-state index < -0.39 is 11.0 Å². The van der Waals surface area contributed by atoms with E-state index in [9.17, 15) is 10.0 Å². The average molecular weight is 449 g/mol. The van der Waals surface area contributed by atoms with Gasteiger partial charge >= 0.3 is 0 Å². The van der Waals surface area contributed by atoms with Crippen LogP contribution in [0.5, 0.6) is 0 Å². The van der Waals surface area contributed by atoms with Crippen LogP contribution in [0.15, 0.2) is 38.7 Å². The maximum Gasteiger partial charge on any atom is 0.168 e. The number of Topliss-reactive ketones (excluding diaryl/α,β-unsaturated/α-hetero) is 1. The zero-order valence-corrected chi connectivity index (χ0v) is 19.8. The van der Waals surface area contributed by atoms with Crippen molar-refractivity contribution in [1.82, 2.24) is 4.98 Å². The van der Waals surface area contributed by atoms with Crippen molar-refractivity contribution in [1.29, 1.82) is 0 Å². The van der Waals surface area contributed by atoms with E-state index in [0.29, 0.717) is 23.4 Å². The number of ketones is 1. The standard InChI is InChI=1S/C22H28N2O4S2/c1-13(24-26)16-8-7-15(11-17(16)19(25)21(3,4)5)29-18-12-23-20(30-18)22(27-6)9-10-28-14(22)2/h7-8,11-12,14,26H,9-10H2,1-6H3/b24-13+. The lowest BCUT2D eigenvalue weighted by Gasteiger charge is -2.28.